The summed E-state index contributed by atoms with van der Waals surface area (Å²) >= 11 is 0. The van der Waals surface area contributed by atoms with Crippen molar-refractivity contribution in [1.82, 2.24) is 0 Å². The van der Waals surface area contributed by atoms with Crippen LogP contribution >= 0.6 is 0 Å². The molecule has 0 aromatic carbocycles. The Morgan fingerprint density at radius 1 is 1.75 bits per heavy atom. The van der Waals surface area contributed by atoms with Crippen molar-refractivity contribution in [2.75, 3.05) is 0 Å². The van der Waals surface area contributed by atoms with E-state index >= 15 is 0 Å². The molecule has 1 nitrogen and oxygen atoms in total. The fourth-order valence-corrected chi connectivity index (χ4v) is 0.784. The SMILES string of the molecule is OBC1=CB=CCC1. The van der Waals surface area contributed by atoms with Crippen LogP contribution in [0.25, 0.3) is 0 Å². The molecule has 1 aliphatic heterocycles. The van der Waals surface area contributed by atoms with Gasteiger partial charge in [-0.2, -0.15) is 0 Å². The Balaban J connectivity index is 2.50. The molecule has 0 aliphatic carbocycles. The van der Waals surface area contributed by atoms with Crippen molar-refractivity contribution in [3.8, 4) is 0 Å². The van der Waals surface area contributed by atoms with E-state index in [-0.39, 0.29) is 7.48 Å². The Morgan fingerprint density at radius 2 is 2.62 bits per heavy atom. The van der Waals surface area contributed by atoms with Crippen LogP contribution in [0.3, 0.4) is 0 Å². The molecule has 1 rings (SSSR count). The molecule has 0 unspecified atom stereocenters. The van der Waals surface area contributed by atoms with Crippen LogP contribution < -0.4 is 0 Å². The van der Waals surface area contributed by atoms with Gasteiger partial charge in [0.25, 0.3) is 0 Å². The van der Waals surface area contributed by atoms with Gasteiger partial charge in [0.15, 0.2) is 0 Å². The molecular weight excluding hydrogens is 97.7 g/mol. The molecule has 0 aromatic heterocycles. The second-order valence-corrected chi connectivity index (χ2v) is 1.95. The van der Waals surface area contributed by atoms with E-state index in [0.29, 0.717) is 0 Å². The first-order chi connectivity index (χ1) is 3.93. The molecular formula is C5H8B2O. The van der Waals surface area contributed by atoms with Crippen molar-refractivity contribution in [3.63, 3.8) is 0 Å². The summed E-state index contributed by atoms with van der Waals surface area (Å²) in [5.41, 5.74) is 1.15. The molecule has 0 aromatic rings. The van der Waals surface area contributed by atoms with E-state index in [0.717, 1.165) is 18.3 Å². The van der Waals surface area contributed by atoms with Crippen molar-refractivity contribution < 1.29 is 5.02 Å². The maximum atomic E-state index is 8.59. The molecule has 1 N–H and O–H groups in total. The van der Waals surface area contributed by atoms with Crippen LogP contribution in [0.5, 0.6) is 0 Å². The minimum absolute atomic E-state index is 0.227. The minimum atomic E-state index is 0.227. The molecule has 1 aliphatic rings. The van der Waals surface area contributed by atoms with Gasteiger partial charge in [0, 0.05) is 0 Å². The summed E-state index contributed by atoms with van der Waals surface area (Å²) in [5, 5.41) is 8.59. The Hall–Kier alpha value is -0.300. The van der Waals surface area contributed by atoms with Crippen molar-refractivity contribution in [2.24, 2.45) is 0 Å². The predicted molar refractivity (Wildman–Crippen MR) is 38.5 cm³/mol. The summed E-state index contributed by atoms with van der Waals surface area (Å²) in [7, 11) is 0.227. The zero-order chi connectivity index (χ0) is 5.82. The Kier molecular flexibility index (Phi) is 2.10. The van der Waals surface area contributed by atoms with Crippen molar-refractivity contribution in [1.29, 1.82) is 0 Å². The summed E-state index contributed by atoms with van der Waals surface area (Å²) in [6.45, 7) is 2.00. The van der Waals surface area contributed by atoms with Crippen LogP contribution in [0.1, 0.15) is 12.8 Å². The van der Waals surface area contributed by atoms with Gasteiger partial charge in [-0.3, -0.25) is 0 Å². The number of rotatable bonds is 1. The Bertz CT molecular complexity index is 128. The van der Waals surface area contributed by atoms with Crippen LogP contribution in [0.2, 0.25) is 0 Å². The summed E-state index contributed by atoms with van der Waals surface area (Å²) in [4.78, 5) is 0. The molecule has 1 heterocycles. The summed E-state index contributed by atoms with van der Waals surface area (Å²) in [6.07, 6.45) is 2.12. The third-order valence-electron chi connectivity index (χ3n) is 1.30. The van der Waals surface area contributed by atoms with Crippen LogP contribution in [-0.2, 0) is 0 Å². The van der Waals surface area contributed by atoms with E-state index in [1.807, 2.05) is 12.9 Å². The zero-order valence-electron chi connectivity index (χ0n) is 4.80. The molecule has 3 heteroatoms. The predicted octanol–water partition coefficient (Wildman–Crippen LogP) is -0.528. The van der Waals surface area contributed by atoms with E-state index in [2.05, 4.69) is 5.97 Å². The van der Waals surface area contributed by atoms with Gasteiger partial charge in [-0.05, 0) is 0 Å². The van der Waals surface area contributed by atoms with Crippen molar-refractivity contribution in [3.05, 3.63) is 11.4 Å². The first kappa shape index (κ1) is 5.83. The summed E-state index contributed by atoms with van der Waals surface area (Å²) in [5.74, 6) is 4.09. The van der Waals surface area contributed by atoms with Crippen LogP contribution in [-0.4, -0.2) is 25.4 Å². The zero-order valence-corrected chi connectivity index (χ0v) is 4.80. The standard InChI is InChI=1S/C5H8B2O/c8-7-5-2-1-3-6-4-5/h3-4,7-8H,1-2H2. The Morgan fingerprint density at radius 3 is 3.00 bits per heavy atom. The number of hydrogen-bond acceptors (Lipinski definition) is 1. The normalized spacial score (nSPS) is 16.9. The quantitative estimate of drug-likeness (QED) is 0.445. The van der Waals surface area contributed by atoms with Crippen LogP contribution in [0.4, 0.5) is 0 Å². The number of allylic oxidation sites excluding steroid dienone is 1. The molecule has 8 heavy (non-hydrogen) atoms. The maximum absolute atomic E-state index is 8.59. The molecule has 0 bridgehead atoms. The summed E-state index contributed by atoms with van der Waals surface area (Å²) in [6, 6.07) is 0. The van der Waals surface area contributed by atoms with E-state index in [1.165, 1.54) is 0 Å². The first-order valence-electron chi connectivity index (χ1n) is 2.89. The fourth-order valence-electron chi connectivity index (χ4n) is 0.784. The molecule has 0 saturated heterocycles. The second-order valence-electron chi connectivity index (χ2n) is 1.95. The molecule has 40 valence electrons. The molecule has 0 fully saturated rings. The van der Waals surface area contributed by atoms with Gasteiger partial charge < -0.3 is 0 Å². The van der Waals surface area contributed by atoms with Gasteiger partial charge in [-0.15, -0.1) is 0 Å². The van der Waals surface area contributed by atoms with Gasteiger partial charge in [0.1, 0.15) is 0 Å². The van der Waals surface area contributed by atoms with Crippen molar-refractivity contribution in [2.45, 2.75) is 12.8 Å². The van der Waals surface area contributed by atoms with Gasteiger partial charge in [-0.1, -0.05) is 0 Å². The fraction of sp³-hybridized carbons (Fsp3) is 0.400. The van der Waals surface area contributed by atoms with E-state index in [4.69, 9.17) is 5.02 Å². The van der Waals surface area contributed by atoms with E-state index < -0.39 is 0 Å². The third-order valence-corrected chi connectivity index (χ3v) is 1.30. The molecule has 0 radical (unpaired) electrons. The average molecular weight is 106 g/mol. The van der Waals surface area contributed by atoms with Crippen molar-refractivity contribution >= 4 is 20.4 Å². The first-order valence-corrected chi connectivity index (χ1v) is 2.89. The molecule has 0 saturated carbocycles. The van der Waals surface area contributed by atoms with Gasteiger partial charge in [-0.25, -0.2) is 0 Å². The second kappa shape index (κ2) is 2.88. The van der Waals surface area contributed by atoms with Gasteiger partial charge in [0.05, 0.1) is 0 Å². The topological polar surface area (TPSA) is 20.2 Å². The average Bonchev–Trinajstić information content (AvgIpc) is 1.90. The Labute approximate surface area is 50.6 Å². The van der Waals surface area contributed by atoms with Gasteiger partial charge >= 0.3 is 49.7 Å². The van der Waals surface area contributed by atoms with E-state index in [9.17, 15) is 0 Å². The van der Waals surface area contributed by atoms with Crippen LogP contribution in [0.15, 0.2) is 11.4 Å². The third kappa shape index (κ3) is 1.34. The van der Waals surface area contributed by atoms with Gasteiger partial charge in [0.2, 0.25) is 0 Å². The van der Waals surface area contributed by atoms with E-state index in [1.54, 1.807) is 0 Å². The molecule has 0 atom stereocenters. The van der Waals surface area contributed by atoms with Crippen LogP contribution in [0, 0.1) is 0 Å². The monoisotopic (exact) mass is 106 g/mol. The molecule has 0 amide bonds. The molecule has 0 spiro atoms. The summed E-state index contributed by atoms with van der Waals surface area (Å²) < 4.78 is 0. The number of hydrogen-bond donors (Lipinski definition) is 1.